The Hall–Kier alpha value is -0.840. The van der Waals surface area contributed by atoms with Gasteiger partial charge in [0.25, 0.3) is 5.91 Å². The normalized spacial score (nSPS) is 22.1. The number of amides is 1. The maximum absolute atomic E-state index is 12.2. The standard InChI is InChI=1S/C13H10ClNOS2/c14-9-3-1-8(2-4-9)7-11-12(16)15(10-5-6-10)13(17)18-11/h1-4,7,10H,5-6H2. The highest BCUT2D eigenvalue weighted by Gasteiger charge is 2.41. The maximum atomic E-state index is 12.2. The number of carbonyl (C=O) groups excluding carboxylic acids is 1. The summed E-state index contributed by atoms with van der Waals surface area (Å²) in [5.41, 5.74) is 0.968. The second-order valence-corrected chi connectivity index (χ2v) is 6.45. The Morgan fingerprint density at radius 3 is 2.61 bits per heavy atom. The summed E-state index contributed by atoms with van der Waals surface area (Å²) in [7, 11) is 0. The van der Waals surface area contributed by atoms with Crippen LogP contribution in [-0.2, 0) is 4.79 Å². The number of hydrogen-bond donors (Lipinski definition) is 0. The Labute approximate surface area is 120 Å². The third kappa shape index (κ3) is 2.32. The van der Waals surface area contributed by atoms with E-state index in [1.54, 1.807) is 4.90 Å². The van der Waals surface area contributed by atoms with Crippen molar-refractivity contribution in [2.24, 2.45) is 0 Å². The molecule has 2 aliphatic rings. The Bertz CT molecular complexity index is 549. The zero-order chi connectivity index (χ0) is 12.7. The van der Waals surface area contributed by atoms with Gasteiger partial charge in [-0.3, -0.25) is 9.69 Å². The number of carbonyl (C=O) groups is 1. The van der Waals surface area contributed by atoms with Crippen LogP contribution in [0.2, 0.25) is 5.02 Å². The van der Waals surface area contributed by atoms with Crippen molar-refractivity contribution in [3.05, 3.63) is 39.8 Å². The lowest BCUT2D eigenvalue weighted by atomic mass is 10.2. The van der Waals surface area contributed by atoms with Crippen molar-refractivity contribution in [2.45, 2.75) is 18.9 Å². The molecule has 1 saturated carbocycles. The summed E-state index contributed by atoms with van der Waals surface area (Å²) >= 11 is 12.5. The van der Waals surface area contributed by atoms with E-state index >= 15 is 0 Å². The van der Waals surface area contributed by atoms with Crippen LogP contribution in [0.5, 0.6) is 0 Å². The van der Waals surface area contributed by atoms with Gasteiger partial charge in [0.1, 0.15) is 4.32 Å². The summed E-state index contributed by atoms with van der Waals surface area (Å²) < 4.78 is 0.683. The fourth-order valence-corrected chi connectivity index (χ4v) is 3.36. The second-order valence-electron chi connectivity index (χ2n) is 4.33. The van der Waals surface area contributed by atoms with Gasteiger partial charge in [-0.2, -0.15) is 0 Å². The van der Waals surface area contributed by atoms with Crippen molar-refractivity contribution >= 4 is 51.9 Å². The summed E-state index contributed by atoms with van der Waals surface area (Å²) in [6.45, 7) is 0. The van der Waals surface area contributed by atoms with E-state index in [4.69, 9.17) is 23.8 Å². The fraction of sp³-hybridized carbons (Fsp3) is 0.231. The fourth-order valence-electron chi connectivity index (χ4n) is 1.84. The molecule has 0 radical (unpaired) electrons. The van der Waals surface area contributed by atoms with Gasteiger partial charge >= 0.3 is 0 Å². The van der Waals surface area contributed by atoms with Gasteiger partial charge in [0.2, 0.25) is 0 Å². The van der Waals surface area contributed by atoms with Crippen LogP contribution in [0.4, 0.5) is 0 Å². The van der Waals surface area contributed by atoms with Gasteiger partial charge in [-0.25, -0.2) is 0 Å². The first kappa shape index (κ1) is 12.2. The molecular formula is C13H10ClNOS2. The Kier molecular flexibility index (Phi) is 3.18. The van der Waals surface area contributed by atoms with Crippen molar-refractivity contribution < 1.29 is 4.79 Å². The number of nitrogens with zero attached hydrogens (tertiary/aromatic N) is 1. The number of thioether (sulfide) groups is 1. The number of halogens is 1. The first-order chi connectivity index (χ1) is 8.65. The summed E-state index contributed by atoms with van der Waals surface area (Å²) in [4.78, 5) is 14.6. The van der Waals surface area contributed by atoms with Crippen molar-refractivity contribution in [1.82, 2.24) is 4.90 Å². The molecule has 1 heterocycles. The molecule has 1 aromatic rings. The summed E-state index contributed by atoms with van der Waals surface area (Å²) in [5, 5.41) is 0.692. The van der Waals surface area contributed by atoms with Crippen molar-refractivity contribution in [3.63, 3.8) is 0 Å². The quantitative estimate of drug-likeness (QED) is 0.613. The molecule has 0 aromatic heterocycles. The molecule has 18 heavy (non-hydrogen) atoms. The average Bonchev–Trinajstić information content (AvgIpc) is 3.12. The molecule has 1 aliphatic heterocycles. The highest BCUT2D eigenvalue weighted by molar-refractivity contribution is 8.26. The Morgan fingerprint density at radius 2 is 2.00 bits per heavy atom. The zero-order valence-corrected chi connectivity index (χ0v) is 11.8. The van der Waals surface area contributed by atoms with Gasteiger partial charge in [-0.05, 0) is 36.6 Å². The van der Waals surface area contributed by atoms with Crippen LogP contribution in [0.25, 0.3) is 6.08 Å². The van der Waals surface area contributed by atoms with Crippen LogP contribution in [0, 0.1) is 0 Å². The number of rotatable bonds is 2. The lowest BCUT2D eigenvalue weighted by molar-refractivity contribution is -0.122. The Balaban J connectivity index is 1.86. The maximum Gasteiger partial charge on any atom is 0.266 e. The topological polar surface area (TPSA) is 20.3 Å². The molecule has 92 valence electrons. The highest BCUT2D eigenvalue weighted by atomic mass is 35.5. The first-order valence-corrected chi connectivity index (χ1v) is 7.28. The highest BCUT2D eigenvalue weighted by Crippen LogP contribution is 2.40. The van der Waals surface area contributed by atoms with Gasteiger partial charge in [-0.1, -0.05) is 47.7 Å². The molecule has 3 rings (SSSR count). The second kappa shape index (κ2) is 4.68. The van der Waals surface area contributed by atoms with Crippen LogP contribution in [-0.4, -0.2) is 21.2 Å². The van der Waals surface area contributed by atoms with Crippen molar-refractivity contribution in [1.29, 1.82) is 0 Å². The van der Waals surface area contributed by atoms with Crippen LogP contribution < -0.4 is 0 Å². The molecule has 0 unspecified atom stereocenters. The van der Waals surface area contributed by atoms with E-state index in [1.165, 1.54) is 11.8 Å². The predicted octanol–water partition coefficient (Wildman–Crippen LogP) is 3.70. The average molecular weight is 296 g/mol. The van der Waals surface area contributed by atoms with Crippen LogP contribution in [0.3, 0.4) is 0 Å². The number of benzene rings is 1. The lowest BCUT2D eigenvalue weighted by Gasteiger charge is -2.11. The van der Waals surface area contributed by atoms with Crippen LogP contribution in [0.15, 0.2) is 29.2 Å². The third-order valence-corrected chi connectivity index (χ3v) is 4.49. The van der Waals surface area contributed by atoms with E-state index in [2.05, 4.69) is 0 Å². The molecule has 5 heteroatoms. The molecular weight excluding hydrogens is 286 g/mol. The molecule has 2 fully saturated rings. The van der Waals surface area contributed by atoms with Gasteiger partial charge in [-0.15, -0.1) is 0 Å². The minimum absolute atomic E-state index is 0.0439. The molecule has 0 spiro atoms. The molecule has 0 atom stereocenters. The van der Waals surface area contributed by atoms with E-state index in [9.17, 15) is 4.79 Å². The summed E-state index contributed by atoms with van der Waals surface area (Å²) in [6, 6.07) is 7.76. The van der Waals surface area contributed by atoms with Gasteiger partial charge < -0.3 is 0 Å². The molecule has 1 amide bonds. The summed E-state index contributed by atoms with van der Waals surface area (Å²) in [6.07, 6.45) is 4.01. The zero-order valence-electron chi connectivity index (χ0n) is 9.43. The van der Waals surface area contributed by atoms with Crippen LogP contribution >= 0.6 is 35.6 Å². The third-order valence-electron chi connectivity index (χ3n) is 2.90. The SMILES string of the molecule is O=C1C(=Cc2ccc(Cl)cc2)SC(=S)N1C1CC1. The largest absolute Gasteiger partial charge is 0.290 e. The van der Waals surface area contributed by atoms with Crippen LogP contribution in [0.1, 0.15) is 18.4 Å². The van der Waals surface area contributed by atoms with Gasteiger partial charge in [0, 0.05) is 11.1 Å². The number of thiocarbonyl (C=S) groups is 1. The van der Waals surface area contributed by atoms with E-state index in [1.807, 2.05) is 30.3 Å². The monoisotopic (exact) mass is 295 g/mol. The van der Waals surface area contributed by atoms with E-state index in [-0.39, 0.29) is 5.91 Å². The Morgan fingerprint density at radius 1 is 1.33 bits per heavy atom. The molecule has 1 aliphatic carbocycles. The molecule has 1 saturated heterocycles. The summed E-state index contributed by atoms with van der Waals surface area (Å²) in [5.74, 6) is 0.0439. The number of hydrogen-bond acceptors (Lipinski definition) is 3. The van der Waals surface area contributed by atoms with E-state index in [0.717, 1.165) is 18.4 Å². The van der Waals surface area contributed by atoms with E-state index in [0.29, 0.717) is 20.3 Å². The predicted molar refractivity (Wildman–Crippen MR) is 79.5 cm³/mol. The molecule has 1 aromatic carbocycles. The smallest absolute Gasteiger partial charge is 0.266 e. The minimum atomic E-state index is 0.0439. The van der Waals surface area contributed by atoms with Gasteiger partial charge in [0.05, 0.1) is 4.91 Å². The lowest BCUT2D eigenvalue weighted by Crippen LogP contribution is -2.30. The van der Waals surface area contributed by atoms with E-state index < -0.39 is 0 Å². The molecule has 0 bridgehead atoms. The molecule has 2 nitrogen and oxygen atoms in total. The van der Waals surface area contributed by atoms with Crippen molar-refractivity contribution in [2.75, 3.05) is 0 Å². The van der Waals surface area contributed by atoms with Crippen molar-refractivity contribution in [3.8, 4) is 0 Å². The van der Waals surface area contributed by atoms with Gasteiger partial charge in [0.15, 0.2) is 0 Å². The molecule has 0 N–H and O–H groups in total. The first-order valence-electron chi connectivity index (χ1n) is 5.68. The minimum Gasteiger partial charge on any atom is -0.290 e.